The van der Waals surface area contributed by atoms with Crippen molar-refractivity contribution >= 4 is 0 Å². The van der Waals surface area contributed by atoms with Gasteiger partial charge in [-0.15, -0.1) is 0 Å². The minimum Gasteiger partial charge on any atom is -0.317 e. The van der Waals surface area contributed by atoms with Crippen LogP contribution in [-0.4, -0.2) is 61.2 Å². The zero-order valence-corrected chi connectivity index (χ0v) is 18.8. The second-order valence-corrected chi connectivity index (χ2v) is 11.8. The summed E-state index contributed by atoms with van der Waals surface area (Å²) in [4.78, 5) is 5.76. The smallest absolute Gasteiger partial charge is 0.0106 e. The van der Waals surface area contributed by atoms with Crippen molar-refractivity contribution in [1.29, 1.82) is 0 Å². The summed E-state index contributed by atoms with van der Waals surface area (Å²) in [5.74, 6) is 0. The molecule has 0 aromatic carbocycles. The molecule has 0 atom stereocenters. The number of hydrogen-bond donors (Lipinski definition) is 1. The molecule has 0 amide bonds. The van der Waals surface area contributed by atoms with E-state index in [1.807, 2.05) is 0 Å². The third-order valence-corrected chi connectivity index (χ3v) is 9.87. The molecule has 2 spiro atoms. The van der Waals surface area contributed by atoms with Crippen LogP contribution in [0.2, 0.25) is 0 Å². The van der Waals surface area contributed by atoms with Crippen LogP contribution in [0.1, 0.15) is 90.9 Å². The number of hydrogen-bond acceptors (Lipinski definition) is 3. The van der Waals surface area contributed by atoms with Crippen molar-refractivity contribution < 1.29 is 0 Å². The summed E-state index contributed by atoms with van der Waals surface area (Å²) >= 11 is 0. The average Bonchev–Trinajstić information content (AvgIpc) is 2.63. The molecule has 160 valence electrons. The van der Waals surface area contributed by atoms with Crippen LogP contribution in [0.25, 0.3) is 0 Å². The maximum atomic E-state index is 3.55. The Hall–Kier alpha value is -0.120. The van der Waals surface area contributed by atoms with Gasteiger partial charge in [0.25, 0.3) is 0 Å². The quantitative estimate of drug-likeness (QED) is 0.715. The molecule has 5 fully saturated rings. The Morgan fingerprint density at radius 2 is 1.21 bits per heavy atom. The van der Waals surface area contributed by atoms with E-state index < -0.39 is 0 Å². The van der Waals surface area contributed by atoms with Gasteiger partial charge in [0.2, 0.25) is 0 Å². The van der Waals surface area contributed by atoms with Crippen molar-refractivity contribution in [3.8, 4) is 0 Å². The summed E-state index contributed by atoms with van der Waals surface area (Å²) in [6.07, 6.45) is 17.6. The largest absolute Gasteiger partial charge is 0.317 e. The van der Waals surface area contributed by atoms with Crippen LogP contribution in [-0.2, 0) is 0 Å². The molecule has 3 nitrogen and oxygen atoms in total. The van der Waals surface area contributed by atoms with Crippen molar-refractivity contribution in [2.24, 2.45) is 16.2 Å². The van der Waals surface area contributed by atoms with E-state index in [1.165, 1.54) is 116 Å². The zero-order valence-electron chi connectivity index (χ0n) is 18.8. The van der Waals surface area contributed by atoms with Gasteiger partial charge in [-0.25, -0.2) is 0 Å². The lowest BCUT2D eigenvalue weighted by Gasteiger charge is -2.63. The molecule has 2 aliphatic carbocycles. The molecule has 28 heavy (non-hydrogen) atoms. The van der Waals surface area contributed by atoms with Crippen LogP contribution in [0.4, 0.5) is 0 Å². The molecule has 5 aliphatic rings. The molecule has 0 aromatic heterocycles. The predicted molar refractivity (Wildman–Crippen MR) is 118 cm³/mol. The van der Waals surface area contributed by atoms with E-state index in [4.69, 9.17) is 0 Å². The molecule has 3 heteroatoms. The highest BCUT2D eigenvalue weighted by molar-refractivity contribution is 5.08. The Labute approximate surface area is 174 Å². The number of piperidine rings is 2. The van der Waals surface area contributed by atoms with Gasteiger partial charge in [0.1, 0.15) is 0 Å². The van der Waals surface area contributed by atoms with Crippen molar-refractivity contribution in [3.63, 3.8) is 0 Å². The van der Waals surface area contributed by atoms with Gasteiger partial charge in [-0.2, -0.15) is 0 Å². The fourth-order valence-corrected chi connectivity index (χ4v) is 8.11. The second-order valence-electron chi connectivity index (χ2n) is 11.8. The minimum absolute atomic E-state index is 0.699. The molecule has 5 rings (SSSR count). The third-order valence-electron chi connectivity index (χ3n) is 9.87. The third kappa shape index (κ3) is 3.48. The highest BCUT2D eigenvalue weighted by atomic mass is 15.3. The van der Waals surface area contributed by atoms with E-state index in [9.17, 15) is 0 Å². The summed E-state index contributed by atoms with van der Waals surface area (Å²) < 4.78 is 0. The zero-order chi connectivity index (χ0) is 19.2. The van der Waals surface area contributed by atoms with Gasteiger partial charge >= 0.3 is 0 Å². The van der Waals surface area contributed by atoms with Gasteiger partial charge in [0, 0.05) is 25.2 Å². The van der Waals surface area contributed by atoms with Crippen molar-refractivity contribution in [1.82, 2.24) is 15.1 Å². The minimum atomic E-state index is 0.699. The van der Waals surface area contributed by atoms with E-state index >= 15 is 0 Å². The Bertz CT molecular complexity index is 514. The fraction of sp³-hybridized carbons (Fsp3) is 1.00. The highest BCUT2D eigenvalue weighted by Crippen LogP contribution is 2.56. The van der Waals surface area contributed by atoms with Crippen molar-refractivity contribution in [2.45, 2.75) is 103 Å². The molecule has 3 aliphatic heterocycles. The lowest BCUT2D eigenvalue weighted by atomic mass is 9.57. The topological polar surface area (TPSA) is 18.5 Å². The van der Waals surface area contributed by atoms with E-state index in [-0.39, 0.29) is 0 Å². The molecule has 3 heterocycles. The first-order chi connectivity index (χ1) is 13.6. The van der Waals surface area contributed by atoms with E-state index in [1.54, 1.807) is 0 Å². The first-order valence-corrected chi connectivity index (χ1v) is 12.8. The van der Waals surface area contributed by atoms with Gasteiger partial charge in [-0.1, -0.05) is 26.7 Å². The van der Waals surface area contributed by atoms with Crippen molar-refractivity contribution in [3.05, 3.63) is 0 Å². The molecule has 0 bridgehead atoms. The second kappa shape index (κ2) is 7.54. The molecule has 1 N–H and O–H groups in total. The van der Waals surface area contributed by atoms with E-state index in [0.717, 1.165) is 22.9 Å². The monoisotopic (exact) mass is 387 g/mol. The molecule has 3 saturated heterocycles. The van der Waals surface area contributed by atoms with Crippen LogP contribution in [0.15, 0.2) is 0 Å². The molecular formula is C25H45N3. The summed E-state index contributed by atoms with van der Waals surface area (Å²) in [7, 11) is 0. The fourth-order valence-electron chi connectivity index (χ4n) is 8.11. The average molecular weight is 388 g/mol. The summed E-state index contributed by atoms with van der Waals surface area (Å²) in [5.41, 5.74) is 2.18. The molecular weight excluding hydrogens is 342 g/mol. The lowest BCUT2D eigenvalue weighted by Crippen LogP contribution is -2.65. The standard InChI is InChI=1S/C25H45N3/c1-3-5-25(6-4-2)19-28(20-25)22-17-24(18-22)9-13-27(14-10-24)21-15-23(16-21)7-11-26-12-8-23/h21-22,26H,3-20H2,1-2H3. The van der Waals surface area contributed by atoms with Gasteiger partial charge in [0.15, 0.2) is 0 Å². The van der Waals surface area contributed by atoms with Crippen LogP contribution >= 0.6 is 0 Å². The Morgan fingerprint density at radius 3 is 1.75 bits per heavy atom. The number of nitrogens with one attached hydrogen (secondary N) is 1. The van der Waals surface area contributed by atoms with Crippen LogP contribution in [0.3, 0.4) is 0 Å². The molecule has 2 saturated carbocycles. The van der Waals surface area contributed by atoms with Gasteiger partial charge in [-0.05, 0) is 107 Å². The summed E-state index contributed by atoms with van der Waals surface area (Å²) in [5, 5.41) is 3.55. The van der Waals surface area contributed by atoms with Crippen molar-refractivity contribution in [2.75, 3.05) is 39.3 Å². The predicted octanol–water partition coefficient (Wildman–Crippen LogP) is 4.67. The highest BCUT2D eigenvalue weighted by Gasteiger charge is 2.54. The van der Waals surface area contributed by atoms with Crippen LogP contribution < -0.4 is 5.32 Å². The normalized spacial score (nSPS) is 34.7. The summed E-state index contributed by atoms with van der Waals surface area (Å²) in [6, 6.07) is 1.88. The Balaban J connectivity index is 1.04. The first kappa shape index (κ1) is 19.8. The molecule has 0 radical (unpaired) electrons. The SMILES string of the molecule is CCCC1(CCC)CN(C2CC3(CCN(C4CC5(CCNCC5)C4)CC3)C2)C1. The lowest BCUT2D eigenvalue weighted by molar-refractivity contribution is -0.126. The molecule has 0 aromatic rings. The van der Waals surface area contributed by atoms with E-state index in [2.05, 4.69) is 29.0 Å². The van der Waals surface area contributed by atoms with Gasteiger partial charge in [-0.3, -0.25) is 4.90 Å². The van der Waals surface area contributed by atoms with E-state index in [0.29, 0.717) is 5.41 Å². The number of nitrogens with zero attached hydrogens (tertiary/aromatic N) is 2. The Kier molecular flexibility index (Phi) is 5.33. The van der Waals surface area contributed by atoms with Crippen LogP contribution in [0, 0.1) is 16.2 Å². The number of rotatable bonds is 6. The summed E-state index contributed by atoms with van der Waals surface area (Å²) in [6.45, 7) is 12.9. The van der Waals surface area contributed by atoms with Gasteiger partial charge < -0.3 is 10.2 Å². The number of likely N-dealkylation sites (tertiary alicyclic amines) is 2. The van der Waals surface area contributed by atoms with Gasteiger partial charge in [0.05, 0.1) is 0 Å². The first-order valence-electron chi connectivity index (χ1n) is 12.8. The maximum absolute atomic E-state index is 3.55. The van der Waals surface area contributed by atoms with Crippen LogP contribution in [0.5, 0.6) is 0 Å². The Morgan fingerprint density at radius 1 is 0.714 bits per heavy atom. The molecule has 0 unspecified atom stereocenters. The maximum Gasteiger partial charge on any atom is 0.0106 e.